The maximum Gasteiger partial charge on any atom is 0.193 e. The average molecular weight is 463 g/mol. The third kappa shape index (κ3) is 7.04. The second-order valence-electron chi connectivity index (χ2n) is 5.36. The summed E-state index contributed by atoms with van der Waals surface area (Å²) in [4.78, 5) is 6.43. The number of guanidine groups is 1. The van der Waals surface area contributed by atoms with Gasteiger partial charge < -0.3 is 14.8 Å². The number of aryl methyl sites for hydroxylation is 1. The monoisotopic (exact) mass is 462 g/mol. The Labute approximate surface area is 165 Å². The van der Waals surface area contributed by atoms with Crippen molar-refractivity contribution in [2.45, 2.75) is 25.9 Å². The first-order valence-corrected chi connectivity index (χ1v) is 8.05. The van der Waals surface area contributed by atoms with Crippen molar-refractivity contribution in [1.82, 2.24) is 25.0 Å². The zero-order chi connectivity index (χ0) is 16.5. The summed E-state index contributed by atoms with van der Waals surface area (Å²) >= 11 is 5.91. The van der Waals surface area contributed by atoms with Crippen LogP contribution in [-0.2, 0) is 13.1 Å². The Kier molecular flexibility index (Phi) is 9.70. The van der Waals surface area contributed by atoms with Crippen LogP contribution in [0.3, 0.4) is 0 Å². The molecule has 0 spiro atoms. The van der Waals surface area contributed by atoms with Crippen LogP contribution in [0.25, 0.3) is 0 Å². The summed E-state index contributed by atoms with van der Waals surface area (Å²) in [5.41, 5.74) is 1.20. The predicted octanol–water partition coefficient (Wildman–Crippen LogP) is 3.04. The molecule has 0 aliphatic rings. The van der Waals surface area contributed by atoms with Gasteiger partial charge in [-0.25, -0.2) is 0 Å². The lowest BCUT2D eigenvalue weighted by Crippen LogP contribution is -2.38. The van der Waals surface area contributed by atoms with Gasteiger partial charge in [0, 0.05) is 38.8 Å². The molecule has 1 aromatic carbocycles. The highest BCUT2D eigenvalue weighted by atomic mass is 127. The SMILES string of the molecule is CN=C(NCCCCn1cnnc1)N(C)Cc1ccc(Cl)cc1.I. The van der Waals surface area contributed by atoms with E-state index in [1.54, 1.807) is 19.7 Å². The van der Waals surface area contributed by atoms with Gasteiger partial charge >= 0.3 is 0 Å². The van der Waals surface area contributed by atoms with Gasteiger partial charge in [0.2, 0.25) is 0 Å². The molecule has 1 N–H and O–H groups in total. The highest BCUT2D eigenvalue weighted by Gasteiger charge is 2.06. The van der Waals surface area contributed by atoms with Gasteiger partial charge in [-0.1, -0.05) is 23.7 Å². The van der Waals surface area contributed by atoms with E-state index in [1.165, 1.54) is 5.56 Å². The number of unbranched alkanes of at least 4 members (excludes halogenated alkanes) is 1. The number of nitrogens with zero attached hydrogens (tertiary/aromatic N) is 5. The zero-order valence-electron chi connectivity index (χ0n) is 14.0. The number of aromatic nitrogens is 3. The second kappa shape index (κ2) is 11.2. The third-order valence-corrected chi connectivity index (χ3v) is 3.75. The van der Waals surface area contributed by atoms with Gasteiger partial charge in [0.25, 0.3) is 0 Å². The smallest absolute Gasteiger partial charge is 0.193 e. The van der Waals surface area contributed by atoms with Crippen molar-refractivity contribution >= 4 is 41.5 Å². The lowest BCUT2D eigenvalue weighted by Gasteiger charge is -2.22. The van der Waals surface area contributed by atoms with E-state index in [-0.39, 0.29) is 24.0 Å². The minimum atomic E-state index is 0. The van der Waals surface area contributed by atoms with Crippen molar-refractivity contribution in [3.63, 3.8) is 0 Å². The first-order chi connectivity index (χ1) is 11.2. The van der Waals surface area contributed by atoms with Crippen LogP contribution in [-0.4, -0.2) is 46.3 Å². The molecule has 0 saturated carbocycles. The van der Waals surface area contributed by atoms with Gasteiger partial charge in [-0.2, -0.15) is 0 Å². The maximum absolute atomic E-state index is 5.91. The molecule has 2 rings (SSSR count). The third-order valence-electron chi connectivity index (χ3n) is 3.50. The highest BCUT2D eigenvalue weighted by molar-refractivity contribution is 14.0. The predicted molar refractivity (Wildman–Crippen MR) is 109 cm³/mol. The summed E-state index contributed by atoms with van der Waals surface area (Å²) in [5.74, 6) is 0.893. The van der Waals surface area contributed by atoms with Crippen molar-refractivity contribution in [2.75, 3.05) is 20.6 Å². The lowest BCUT2D eigenvalue weighted by atomic mass is 10.2. The van der Waals surface area contributed by atoms with E-state index in [0.29, 0.717) is 0 Å². The van der Waals surface area contributed by atoms with Crippen molar-refractivity contribution in [3.8, 4) is 0 Å². The Morgan fingerprint density at radius 1 is 1.21 bits per heavy atom. The van der Waals surface area contributed by atoms with Crippen LogP contribution in [0, 0.1) is 0 Å². The molecule has 1 heterocycles. The van der Waals surface area contributed by atoms with Gasteiger partial charge in [-0.15, -0.1) is 34.2 Å². The van der Waals surface area contributed by atoms with Crippen molar-refractivity contribution in [1.29, 1.82) is 0 Å². The molecule has 0 aliphatic carbocycles. The fourth-order valence-electron chi connectivity index (χ4n) is 2.28. The summed E-state index contributed by atoms with van der Waals surface area (Å²) < 4.78 is 1.99. The minimum absolute atomic E-state index is 0. The van der Waals surface area contributed by atoms with Crippen LogP contribution in [0.4, 0.5) is 0 Å². The fraction of sp³-hybridized carbons (Fsp3) is 0.438. The van der Waals surface area contributed by atoms with Gasteiger partial charge in [0.1, 0.15) is 12.7 Å². The molecule has 132 valence electrons. The van der Waals surface area contributed by atoms with E-state index in [1.807, 2.05) is 35.9 Å². The molecule has 0 unspecified atom stereocenters. The molecule has 0 saturated heterocycles. The molecule has 0 fully saturated rings. The Morgan fingerprint density at radius 3 is 2.50 bits per heavy atom. The topological polar surface area (TPSA) is 58.3 Å². The number of rotatable bonds is 7. The van der Waals surface area contributed by atoms with Crippen molar-refractivity contribution < 1.29 is 0 Å². The highest BCUT2D eigenvalue weighted by Crippen LogP contribution is 2.11. The van der Waals surface area contributed by atoms with E-state index in [4.69, 9.17) is 11.6 Å². The average Bonchev–Trinajstić information content (AvgIpc) is 3.06. The molecule has 0 atom stereocenters. The Hall–Kier alpha value is -1.35. The first-order valence-electron chi connectivity index (χ1n) is 7.67. The van der Waals surface area contributed by atoms with Crippen molar-refractivity contribution in [3.05, 3.63) is 47.5 Å². The quantitative estimate of drug-likeness (QED) is 0.297. The molecule has 0 bridgehead atoms. The van der Waals surface area contributed by atoms with Crippen LogP contribution in [0.15, 0.2) is 41.9 Å². The van der Waals surface area contributed by atoms with Gasteiger partial charge in [0.05, 0.1) is 0 Å². The Bertz CT molecular complexity index is 600. The summed E-state index contributed by atoms with van der Waals surface area (Å²) in [6.07, 6.45) is 5.62. The van der Waals surface area contributed by atoms with Gasteiger partial charge in [0.15, 0.2) is 5.96 Å². The van der Waals surface area contributed by atoms with Gasteiger partial charge in [-0.05, 0) is 30.5 Å². The fourth-order valence-corrected chi connectivity index (χ4v) is 2.41. The van der Waals surface area contributed by atoms with E-state index in [9.17, 15) is 0 Å². The molecular weight excluding hydrogens is 439 g/mol. The van der Waals surface area contributed by atoms with Gasteiger partial charge in [-0.3, -0.25) is 4.99 Å². The molecule has 6 nitrogen and oxygen atoms in total. The molecule has 0 radical (unpaired) electrons. The number of hydrogen-bond acceptors (Lipinski definition) is 3. The van der Waals surface area contributed by atoms with Crippen LogP contribution in [0.1, 0.15) is 18.4 Å². The van der Waals surface area contributed by atoms with E-state index >= 15 is 0 Å². The van der Waals surface area contributed by atoms with Crippen LogP contribution in [0.2, 0.25) is 5.02 Å². The second-order valence-corrected chi connectivity index (χ2v) is 5.80. The number of benzene rings is 1. The largest absolute Gasteiger partial charge is 0.356 e. The molecule has 0 amide bonds. The first kappa shape index (κ1) is 20.7. The molecule has 2 aromatic rings. The van der Waals surface area contributed by atoms with Crippen LogP contribution in [0.5, 0.6) is 0 Å². The normalized spacial score (nSPS) is 11.0. The van der Waals surface area contributed by atoms with Crippen LogP contribution < -0.4 is 5.32 Å². The number of hydrogen-bond donors (Lipinski definition) is 1. The molecular formula is C16H24ClIN6. The molecule has 0 aliphatic heterocycles. The molecule has 24 heavy (non-hydrogen) atoms. The Morgan fingerprint density at radius 2 is 1.88 bits per heavy atom. The van der Waals surface area contributed by atoms with E-state index < -0.39 is 0 Å². The zero-order valence-corrected chi connectivity index (χ0v) is 17.1. The summed E-state index contributed by atoms with van der Waals surface area (Å²) in [5, 5.41) is 11.7. The summed E-state index contributed by atoms with van der Waals surface area (Å²) in [6, 6.07) is 7.88. The lowest BCUT2D eigenvalue weighted by molar-refractivity contribution is 0.473. The number of halogens is 2. The molecule has 1 aromatic heterocycles. The van der Waals surface area contributed by atoms with Crippen LogP contribution >= 0.6 is 35.6 Å². The maximum atomic E-state index is 5.91. The Balaban J connectivity index is 0.00000288. The number of nitrogens with one attached hydrogen (secondary N) is 1. The van der Waals surface area contributed by atoms with E-state index in [2.05, 4.69) is 25.4 Å². The standard InChI is InChI=1S/C16H23ClN6.HI/c1-18-16(19-9-3-4-10-23-12-20-21-13-23)22(2)11-14-5-7-15(17)8-6-14;/h5-8,12-13H,3-4,9-11H2,1-2H3,(H,18,19);1H. The minimum Gasteiger partial charge on any atom is -0.356 e. The summed E-state index contributed by atoms with van der Waals surface area (Å²) in [7, 11) is 3.83. The van der Waals surface area contributed by atoms with Crippen molar-refractivity contribution in [2.24, 2.45) is 4.99 Å². The van der Waals surface area contributed by atoms with E-state index in [0.717, 1.165) is 43.5 Å². The number of aliphatic imine (C=N–C) groups is 1. The molecule has 8 heteroatoms. The summed E-state index contributed by atoms with van der Waals surface area (Å²) in [6.45, 7) is 2.62.